The van der Waals surface area contributed by atoms with Crippen LogP contribution in [-0.4, -0.2) is 18.0 Å². The van der Waals surface area contributed by atoms with Crippen molar-refractivity contribution in [1.82, 2.24) is 0 Å². The van der Waals surface area contributed by atoms with E-state index in [1.807, 2.05) is 0 Å². The minimum Gasteiger partial charge on any atom is -0.0803 e. The summed E-state index contributed by atoms with van der Waals surface area (Å²) in [5.74, 6) is 0. The van der Waals surface area contributed by atoms with E-state index in [9.17, 15) is 0 Å². The number of benzene rings is 1. The van der Waals surface area contributed by atoms with Gasteiger partial charge in [0.1, 0.15) is 0 Å². The molecule has 3 rings (SSSR count). The maximum Gasteiger partial charge on any atom is 0.0920 e. The number of rotatable bonds is 4. The van der Waals surface area contributed by atoms with Gasteiger partial charge in [-0.1, -0.05) is 60.2 Å². The van der Waals surface area contributed by atoms with Gasteiger partial charge >= 0.3 is 0 Å². The Balaban J connectivity index is 1.94. The summed E-state index contributed by atoms with van der Waals surface area (Å²) in [5, 5.41) is 0. The van der Waals surface area contributed by atoms with Crippen molar-refractivity contribution < 1.29 is 0 Å². The molecule has 0 N–H and O–H groups in total. The van der Waals surface area contributed by atoms with Gasteiger partial charge in [-0.3, -0.25) is 0 Å². The molecule has 0 nitrogen and oxygen atoms in total. The molecule has 0 aromatic heterocycles. The van der Waals surface area contributed by atoms with Crippen molar-refractivity contribution in [2.24, 2.45) is 0 Å². The Morgan fingerprint density at radius 2 is 1.52 bits per heavy atom. The standard InChI is InChI=1S/C22H28P/c1-18-14-15-20(19(2)16-18)17-23(3,21-10-6-4-7-11-21)22-12-8-5-9-13-22/h4-10,12,14-16,21-22H,11,13,17H2,1-3H3/q+1. The molecule has 0 saturated heterocycles. The lowest BCUT2D eigenvalue weighted by Gasteiger charge is -2.36. The first-order valence-electron chi connectivity index (χ1n) is 8.67. The first-order chi connectivity index (χ1) is 11.1. The zero-order valence-corrected chi connectivity index (χ0v) is 15.5. The molecule has 1 heteroatoms. The Bertz CT molecular complexity index is 645. The fraction of sp³-hybridized carbons (Fsp3) is 0.364. The van der Waals surface area contributed by atoms with E-state index in [1.165, 1.54) is 30.1 Å². The van der Waals surface area contributed by atoms with Gasteiger partial charge < -0.3 is 0 Å². The summed E-state index contributed by atoms with van der Waals surface area (Å²) in [5.41, 5.74) is 5.82. The molecule has 0 spiro atoms. The molecule has 0 aliphatic heterocycles. The molecular weight excluding hydrogens is 295 g/mol. The molecule has 0 saturated carbocycles. The first-order valence-corrected chi connectivity index (χ1v) is 11.2. The highest BCUT2D eigenvalue weighted by Gasteiger charge is 2.45. The largest absolute Gasteiger partial charge is 0.0920 e. The Kier molecular flexibility index (Phi) is 5.02. The van der Waals surface area contributed by atoms with Crippen LogP contribution in [0.4, 0.5) is 0 Å². The molecule has 120 valence electrons. The number of aryl methyl sites for hydroxylation is 2. The predicted molar refractivity (Wildman–Crippen MR) is 106 cm³/mol. The van der Waals surface area contributed by atoms with Crippen LogP contribution in [0.15, 0.2) is 66.8 Å². The molecule has 0 radical (unpaired) electrons. The van der Waals surface area contributed by atoms with Crippen LogP contribution in [0.2, 0.25) is 0 Å². The molecular formula is C22H28P+. The third-order valence-corrected chi connectivity index (χ3v) is 10.3. The van der Waals surface area contributed by atoms with E-state index >= 15 is 0 Å². The quantitative estimate of drug-likeness (QED) is 0.577. The maximum atomic E-state index is 2.61. The Hall–Kier alpha value is -1.39. The number of hydrogen-bond donors (Lipinski definition) is 0. The van der Waals surface area contributed by atoms with Crippen molar-refractivity contribution in [2.45, 2.75) is 44.2 Å². The molecule has 2 aliphatic carbocycles. The fourth-order valence-electron chi connectivity index (χ4n) is 3.88. The van der Waals surface area contributed by atoms with Crippen molar-refractivity contribution in [3.8, 4) is 0 Å². The number of hydrogen-bond acceptors (Lipinski definition) is 0. The van der Waals surface area contributed by atoms with Gasteiger partial charge in [0, 0.05) is 20.1 Å². The minimum atomic E-state index is -1.16. The van der Waals surface area contributed by atoms with Crippen LogP contribution < -0.4 is 0 Å². The van der Waals surface area contributed by atoms with Crippen LogP contribution in [0.3, 0.4) is 0 Å². The highest BCUT2D eigenvalue weighted by atomic mass is 31.2. The third-order valence-electron chi connectivity index (χ3n) is 5.44. The molecule has 1 aromatic rings. The van der Waals surface area contributed by atoms with E-state index in [1.54, 1.807) is 5.56 Å². The average molecular weight is 323 g/mol. The van der Waals surface area contributed by atoms with Gasteiger partial charge in [0.15, 0.2) is 0 Å². The topological polar surface area (TPSA) is 0 Å². The summed E-state index contributed by atoms with van der Waals surface area (Å²) in [6.45, 7) is 7.07. The van der Waals surface area contributed by atoms with Crippen LogP contribution in [-0.2, 0) is 6.16 Å². The molecule has 23 heavy (non-hydrogen) atoms. The van der Waals surface area contributed by atoms with Crippen molar-refractivity contribution in [2.75, 3.05) is 6.66 Å². The summed E-state index contributed by atoms with van der Waals surface area (Å²) in [4.78, 5) is 0. The second kappa shape index (κ2) is 7.02. The molecule has 2 aliphatic rings. The van der Waals surface area contributed by atoms with Gasteiger partial charge in [0.2, 0.25) is 0 Å². The third kappa shape index (κ3) is 3.59. The molecule has 2 unspecified atom stereocenters. The van der Waals surface area contributed by atoms with Gasteiger partial charge in [-0.05, 0) is 37.1 Å². The van der Waals surface area contributed by atoms with Crippen LogP contribution in [0.25, 0.3) is 0 Å². The molecule has 2 atom stereocenters. The van der Waals surface area contributed by atoms with Gasteiger partial charge in [-0.25, -0.2) is 0 Å². The van der Waals surface area contributed by atoms with E-state index < -0.39 is 7.26 Å². The highest BCUT2D eigenvalue weighted by Crippen LogP contribution is 2.69. The summed E-state index contributed by atoms with van der Waals surface area (Å²) < 4.78 is 0. The Labute approximate surface area is 142 Å². The van der Waals surface area contributed by atoms with Crippen LogP contribution in [0.1, 0.15) is 29.5 Å². The van der Waals surface area contributed by atoms with Crippen molar-refractivity contribution >= 4 is 7.26 Å². The average Bonchev–Trinajstić information content (AvgIpc) is 2.59. The van der Waals surface area contributed by atoms with E-state index in [2.05, 4.69) is 87.3 Å². The van der Waals surface area contributed by atoms with Crippen molar-refractivity contribution in [1.29, 1.82) is 0 Å². The summed E-state index contributed by atoms with van der Waals surface area (Å²) >= 11 is 0. The lowest BCUT2D eigenvalue weighted by molar-refractivity contribution is 0.942. The van der Waals surface area contributed by atoms with E-state index in [-0.39, 0.29) is 0 Å². The maximum absolute atomic E-state index is 2.61. The zero-order valence-electron chi connectivity index (χ0n) is 14.6. The van der Waals surface area contributed by atoms with Gasteiger partial charge in [-0.2, -0.15) is 0 Å². The predicted octanol–water partition coefficient (Wildman–Crippen LogP) is 6.22. The summed E-state index contributed by atoms with van der Waals surface area (Å²) in [7, 11) is -1.16. The molecule has 0 fully saturated rings. The zero-order chi connectivity index (χ0) is 16.3. The van der Waals surface area contributed by atoms with Crippen LogP contribution in [0, 0.1) is 13.8 Å². The lowest BCUT2D eigenvalue weighted by Crippen LogP contribution is -2.24. The lowest BCUT2D eigenvalue weighted by atomic mass is 10.1. The van der Waals surface area contributed by atoms with Crippen LogP contribution in [0.5, 0.6) is 0 Å². The molecule has 1 aromatic carbocycles. The SMILES string of the molecule is Cc1ccc(C[P+](C)(C2C=CC=CC2)C2C=CC=CC2)c(C)c1. The van der Waals surface area contributed by atoms with Crippen molar-refractivity contribution in [3.63, 3.8) is 0 Å². The second-order valence-electron chi connectivity index (χ2n) is 7.17. The minimum absolute atomic E-state index is 0.717. The van der Waals surface area contributed by atoms with Gasteiger partial charge in [0.25, 0.3) is 0 Å². The van der Waals surface area contributed by atoms with Gasteiger partial charge in [0.05, 0.1) is 24.1 Å². The molecule has 0 bridgehead atoms. The Morgan fingerprint density at radius 3 is 2.00 bits per heavy atom. The summed E-state index contributed by atoms with van der Waals surface area (Å²) in [6, 6.07) is 6.99. The Morgan fingerprint density at radius 1 is 0.913 bits per heavy atom. The van der Waals surface area contributed by atoms with Crippen LogP contribution >= 0.6 is 7.26 Å². The number of allylic oxidation sites excluding steroid dienone is 8. The molecule has 0 heterocycles. The van der Waals surface area contributed by atoms with E-state index in [0.717, 1.165) is 0 Å². The van der Waals surface area contributed by atoms with E-state index in [0.29, 0.717) is 11.3 Å². The molecule has 0 amide bonds. The smallest absolute Gasteiger partial charge is 0.0803 e. The van der Waals surface area contributed by atoms with Crippen molar-refractivity contribution in [3.05, 3.63) is 83.5 Å². The van der Waals surface area contributed by atoms with E-state index in [4.69, 9.17) is 0 Å². The second-order valence-corrected chi connectivity index (χ2v) is 11.5. The monoisotopic (exact) mass is 323 g/mol. The normalized spacial score (nSPS) is 25.5. The summed E-state index contributed by atoms with van der Waals surface area (Å²) in [6.07, 6.45) is 22.3. The highest BCUT2D eigenvalue weighted by molar-refractivity contribution is 7.76. The first kappa shape index (κ1) is 16.5. The fourth-order valence-corrected chi connectivity index (χ4v) is 8.12. The van der Waals surface area contributed by atoms with Gasteiger partial charge in [-0.15, -0.1) is 0 Å².